The monoisotopic (exact) mass is 1150 g/mol. The van der Waals surface area contributed by atoms with Crippen LogP contribution in [0.5, 0.6) is 0 Å². The van der Waals surface area contributed by atoms with Gasteiger partial charge in [-0.2, -0.15) is 0 Å². The van der Waals surface area contributed by atoms with E-state index < -0.39 is 53.7 Å². The van der Waals surface area contributed by atoms with Crippen LogP contribution in [0.15, 0.2) is 42.5 Å². The summed E-state index contributed by atoms with van der Waals surface area (Å²) in [4.78, 5) is 96.7. The standard InChI is InChI=1S/C57H92N6O16S/c1-12-40(4)51(45(71-9)38-49(67)62-23-16-19-44(62)52(72-10)41(5)53(80)58-43(55(69)73-11)37-42-17-14-13-15-18-42)61(8)54(68)50(39(2)3)59-56(70)57(6,7)60-46(64)22-25-74-27-29-76-31-33-78-35-36-79-34-32-77-30-28-75-26-24-63-47(65)20-21-48(63)66/h13-15,17-18,20-21,39-41,43-45,50-52H,12,16,19,22-38H2,1-11H3,(H,58,80)(H,59,70)(H,60,64)/t40-,41+,43-,44-,45+,50-,51-,52+/m0/s1. The molecule has 3 N–H and O–H groups in total. The van der Waals surface area contributed by atoms with Crippen molar-refractivity contribution in [1.82, 2.24) is 30.7 Å². The molecule has 0 aromatic heterocycles. The van der Waals surface area contributed by atoms with E-state index in [4.69, 9.17) is 54.8 Å². The van der Waals surface area contributed by atoms with Crippen LogP contribution in [0.4, 0.5) is 0 Å². The van der Waals surface area contributed by atoms with Crippen molar-refractivity contribution in [3.8, 4) is 0 Å². The van der Waals surface area contributed by atoms with Crippen LogP contribution in [-0.4, -0.2) is 224 Å². The SMILES string of the molecule is CC[C@H](C)[C@@H]([C@@H](CC(=O)N1CCC[C@H]1[C@H](OC)[C@@H](C)C(=S)N[C@@H](Cc1ccccc1)C(=O)OC)OC)N(C)C(=O)[C@@H](NC(=O)C(C)(C)NC(=O)CCOCCOCCOCCOCCOCCOCCN1C(=O)C=CC1=O)C(C)C. The van der Waals surface area contributed by atoms with E-state index in [1.54, 1.807) is 32.9 Å². The maximum atomic E-state index is 14.5. The molecule has 2 aliphatic heterocycles. The van der Waals surface area contributed by atoms with E-state index in [0.29, 0.717) is 90.3 Å². The molecule has 0 spiro atoms. The van der Waals surface area contributed by atoms with Gasteiger partial charge in [0.05, 0.1) is 129 Å². The number of esters is 1. The number of hydrogen-bond donors (Lipinski definition) is 3. The number of ether oxygens (including phenoxy) is 9. The molecule has 0 radical (unpaired) electrons. The highest BCUT2D eigenvalue weighted by molar-refractivity contribution is 7.80. The highest BCUT2D eigenvalue weighted by Crippen LogP contribution is 2.30. The van der Waals surface area contributed by atoms with Gasteiger partial charge in [0.1, 0.15) is 17.6 Å². The van der Waals surface area contributed by atoms with Gasteiger partial charge in [-0.25, -0.2) is 4.79 Å². The molecule has 8 atom stereocenters. The molecule has 6 amide bonds. The summed E-state index contributed by atoms with van der Waals surface area (Å²) in [6.07, 6.45) is 3.71. The largest absolute Gasteiger partial charge is 0.467 e. The molecule has 1 aromatic rings. The summed E-state index contributed by atoms with van der Waals surface area (Å²) in [5.74, 6) is -3.41. The number of nitrogens with one attached hydrogen (secondary N) is 3. The Morgan fingerprint density at radius 2 is 1.30 bits per heavy atom. The van der Waals surface area contributed by atoms with Gasteiger partial charge in [-0.3, -0.25) is 33.7 Å². The lowest BCUT2D eigenvalue weighted by Gasteiger charge is -2.41. The number of hydrogen-bond acceptors (Lipinski definition) is 17. The molecule has 2 heterocycles. The second-order valence-corrected chi connectivity index (χ2v) is 21.3. The van der Waals surface area contributed by atoms with Crippen LogP contribution in [0.2, 0.25) is 0 Å². The predicted molar refractivity (Wildman–Crippen MR) is 302 cm³/mol. The zero-order valence-electron chi connectivity index (χ0n) is 49.2. The summed E-state index contributed by atoms with van der Waals surface area (Å²) in [6.45, 7) is 17.2. The lowest BCUT2D eigenvalue weighted by Crippen LogP contribution is -2.62. The van der Waals surface area contributed by atoms with Crippen LogP contribution in [0.3, 0.4) is 0 Å². The van der Waals surface area contributed by atoms with E-state index in [0.717, 1.165) is 16.9 Å². The van der Waals surface area contributed by atoms with Gasteiger partial charge in [-0.1, -0.05) is 83.6 Å². The van der Waals surface area contributed by atoms with Crippen molar-refractivity contribution in [2.45, 2.75) is 129 Å². The molecule has 0 aliphatic carbocycles. The van der Waals surface area contributed by atoms with Gasteiger partial charge in [0, 0.05) is 58.7 Å². The fourth-order valence-corrected chi connectivity index (χ4v) is 9.77. The number of imide groups is 1. The summed E-state index contributed by atoms with van der Waals surface area (Å²) in [5.41, 5.74) is -0.439. The van der Waals surface area contributed by atoms with E-state index in [2.05, 4.69) is 16.0 Å². The zero-order valence-corrected chi connectivity index (χ0v) is 50.0. The molecule has 452 valence electrons. The minimum absolute atomic E-state index is 0.00838. The van der Waals surface area contributed by atoms with Crippen LogP contribution < -0.4 is 16.0 Å². The second kappa shape index (κ2) is 37.2. The van der Waals surface area contributed by atoms with Gasteiger partial charge in [-0.05, 0) is 44.1 Å². The zero-order chi connectivity index (χ0) is 59.2. The van der Waals surface area contributed by atoms with Gasteiger partial charge in [0.25, 0.3) is 11.8 Å². The number of likely N-dealkylation sites (tertiary alicyclic amines) is 1. The van der Waals surface area contributed by atoms with Crippen LogP contribution in [0.25, 0.3) is 0 Å². The molecule has 3 rings (SSSR count). The fourth-order valence-electron chi connectivity index (χ4n) is 9.49. The summed E-state index contributed by atoms with van der Waals surface area (Å²) >= 11 is 5.88. The first kappa shape index (κ1) is 69.3. The molecule has 0 unspecified atom stereocenters. The number of benzene rings is 1. The normalized spacial score (nSPS) is 17.2. The Balaban J connectivity index is 1.41. The van der Waals surface area contributed by atoms with Gasteiger partial charge in [0.15, 0.2) is 0 Å². The van der Waals surface area contributed by atoms with Crippen molar-refractivity contribution in [1.29, 1.82) is 0 Å². The molecular formula is C57H92N6O16S. The average molecular weight is 1150 g/mol. The minimum Gasteiger partial charge on any atom is -0.467 e. The first-order valence-electron chi connectivity index (χ1n) is 27.9. The summed E-state index contributed by atoms with van der Waals surface area (Å²) in [6, 6.07) is 7.02. The van der Waals surface area contributed by atoms with Crippen molar-refractivity contribution in [2.24, 2.45) is 17.8 Å². The lowest BCUT2D eigenvalue weighted by molar-refractivity contribution is -0.147. The van der Waals surface area contributed by atoms with E-state index in [9.17, 15) is 33.6 Å². The topological polar surface area (TPSA) is 248 Å². The van der Waals surface area contributed by atoms with E-state index in [1.807, 2.05) is 69.9 Å². The van der Waals surface area contributed by atoms with Crippen molar-refractivity contribution >= 4 is 58.6 Å². The van der Waals surface area contributed by atoms with Crippen LogP contribution >= 0.6 is 12.2 Å². The quantitative estimate of drug-likeness (QED) is 0.0369. The van der Waals surface area contributed by atoms with Gasteiger partial charge in [-0.15, -0.1) is 0 Å². The number of amides is 6. The number of likely N-dealkylation sites (N-methyl/N-ethyl adjacent to an activating group) is 1. The molecule has 1 saturated heterocycles. The number of carbonyl (C=O) groups is 7. The maximum absolute atomic E-state index is 14.5. The van der Waals surface area contributed by atoms with Crippen LogP contribution in [0, 0.1) is 17.8 Å². The molecule has 0 saturated carbocycles. The molecule has 23 heteroatoms. The van der Waals surface area contributed by atoms with Crippen molar-refractivity contribution in [3.63, 3.8) is 0 Å². The second-order valence-electron chi connectivity index (χ2n) is 20.8. The van der Waals surface area contributed by atoms with Gasteiger partial charge >= 0.3 is 5.97 Å². The Hall–Kier alpha value is -4.98. The molecule has 2 aliphatic rings. The Labute approximate surface area is 479 Å². The molecule has 1 fully saturated rings. The number of carbonyl (C=O) groups excluding carboxylic acids is 7. The van der Waals surface area contributed by atoms with E-state index in [1.165, 1.54) is 26.4 Å². The maximum Gasteiger partial charge on any atom is 0.328 e. The van der Waals surface area contributed by atoms with Crippen LogP contribution in [0.1, 0.15) is 86.1 Å². The highest BCUT2D eigenvalue weighted by Gasteiger charge is 2.43. The third kappa shape index (κ3) is 23.1. The fraction of sp³-hybridized carbons (Fsp3) is 0.719. The van der Waals surface area contributed by atoms with Crippen LogP contribution in [-0.2, 0) is 82.6 Å². The van der Waals surface area contributed by atoms with E-state index >= 15 is 0 Å². The average Bonchev–Trinajstić information content (AvgIpc) is 4.05. The third-order valence-corrected chi connectivity index (χ3v) is 14.8. The van der Waals surface area contributed by atoms with Gasteiger partial charge < -0.3 is 68.4 Å². The lowest BCUT2D eigenvalue weighted by atomic mass is 9.89. The number of nitrogens with zero attached hydrogens (tertiary/aromatic N) is 3. The van der Waals surface area contributed by atoms with E-state index in [-0.39, 0.29) is 86.6 Å². The van der Waals surface area contributed by atoms with Gasteiger partial charge in [0.2, 0.25) is 23.6 Å². The first-order chi connectivity index (χ1) is 38.2. The Morgan fingerprint density at radius 3 is 1.80 bits per heavy atom. The third-order valence-electron chi connectivity index (χ3n) is 14.3. The molecular weight excluding hydrogens is 1060 g/mol. The van der Waals surface area contributed by atoms with Crippen molar-refractivity contribution < 1.29 is 76.2 Å². The number of thiocarbonyl (C=S) groups is 1. The first-order valence-corrected chi connectivity index (χ1v) is 28.3. The molecule has 80 heavy (non-hydrogen) atoms. The minimum atomic E-state index is -1.38. The van der Waals surface area contributed by atoms with Crippen molar-refractivity contribution in [2.75, 3.05) is 121 Å². The van der Waals surface area contributed by atoms with Crippen molar-refractivity contribution in [3.05, 3.63) is 48.0 Å². The molecule has 1 aromatic carbocycles. The Kier molecular flexibility index (Phi) is 32.2. The predicted octanol–water partition coefficient (Wildman–Crippen LogP) is 3.06. The molecule has 0 bridgehead atoms. The smallest absolute Gasteiger partial charge is 0.328 e. The summed E-state index contributed by atoms with van der Waals surface area (Å²) < 4.78 is 50.2. The summed E-state index contributed by atoms with van der Waals surface area (Å²) in [7, 11) is 6.14. The number of rotatable bonds is 41. The Bertz CT molecular complexity index is 2100. The number of methoxy groups -OCH3 is 3. The highest BCUT2D eigenvalue weighted by atomic mass is 32.1. The Morgan fingerprint density at radius 1 is 0.762 bits per heavy atom. The summed E-state index contributed by atoms with van der Waals surface area (Å²) in [5, 5.41) is 8.89. The molecule has 22 nitrogen and oxygen atoms in total.